The zero-order chi connectivity index (χ0) is 25.2. The maximum Gasteiger partial charge on any atom is 0.269 e. The highest BCUT2D eigenvalue weighted by atomic mass is 16.6. The lowest BCUT2D eigenvalue weighted by Crippen LogP contribution is -2.44. The van der Waals surface area contributed by atoms with Crippen molar-refractivity contribution in [2.75, 3.05) is 18.6 Å². The van der Waals surface area contributed by atoms with Gasteiger partial charge in [-0.05, 0) is 30.0 Å². The number of nitro benzene ring substituents is 1. The molecule has 0 aliphatic carbocycles. The van der Waals surface area contributed by atoms with Crippen LogP contribution in [0.1, 0.15) is 34.3 Å². The lowest BCUT2D eigenvalue weighted by atomic mass is 10.1. The maximum atomic E-state index is 13.7. The number of fused-ring (bicyclic) bond motifs is 2. The van der Waals surface area contributed by atoms with Crippen LogP contribution in [0.3, 0.4) is 0 Å². The van der Waals surface area contributed by atoms with E-state index in [4.69, 9.17) is 9.47 Å². The standard InChI is InChI=1S/C27H25N3O6/c1-35-24-14-21-23(15-25(24)36-17-19-6-3-2-4-7-19)29(16-18-9-11-20(12-10-18)30(33)34)27(32)22-8-5-13-28(22)26(21)31/h2-4,6-7,9-12,14-15,22H,5,8,13,16-17H2,1H3/t22-/m0/s1. The minimum absolute atomic E-state index is 0.0279. The summed E-state index contributed by atoms with van der Waals surface area (Å²) in [6.07, 6.45) is 1.34. The van der Waals surface area contributed by atoms with Gasteiger partial charge in [-0.3, -0.25) is 19.7 Å². The highest BCUT2D eigenvalue weighted by molar-refractivity contribution is 6.11. The second-order valence-electron chi connectivity index (χ2n) is 8.80. The zero-order valence-electron chi connectivity index (χ0n) is 19.8. The van der Waals surface area contributed by atoms with Gasteiger partial charge in [0.1, 0.15) is 12.6 Å². The normalized spacial score (nSPS) is 16.9. The summed E-state index contributed by atoms with van der Waals surface area (Å²) in [5.41, 5.74) is 2.44. The second kappa shape index (κ2) is 9.69. The molecule has 2 heterocycles. The van der Waals surface area contributed by atoms with Crippen LogP contribution in [0.25, 0.3) is 0 Å². The second-order valence-corrected chi connectivity index (χ2v) is 8.80. The number of methoxy groups -OCH3 is 1. The summed E-state index contributed by atoms with van der Waals surface area (Å²) in [6, 6.07) is 18.5. The fourth-order valence-electron chi connectivity index (χ4n) is 4.74. The third kappa shape index (κ3) is 4.35. The molecule has 0 spiro atoms. The first-order chi connectivity index (χ1) is 17.5. The molecule has 9 nitrogen and oxygen atoms in total. The van der Waals surface area contributed by atoms with Crippen molar-refractivity contribution in [3.63, 3.8) is 0 Å². The molecule has 2 aliphatic rings. The van der Waals surface area contributed by atoms with E-state index in [-0.39, 0.29) is 30.7 Å². The number of nitrogens with zero attached hydrogens (tertiary/aromatic N) is 3. The summed E-state index contributed by atoms with van der Waals surface area (Å²) in [5.74, 6) is 0.409. The molecule has 2 aliphatic heterocycles. The summed E-state index contributed by atoms with van der Waals surface area (Å²) in [5, 5.41) is 11.1. The smallest absolute Gasteiger partial charge is 0.269 e. The van der Waals surface area contributed by atoms with Gasteiger partial charge >= 0.3 is 0 Å². The molecule has 3 aromatic carbocycles. The number of amides is 2. The van der Waals surface area contributed by atoms with E-state index in [0.29, 0.717) is 41.3 Å². The van der Waals surface area contributed by atoms with E-state index < -0.39 is 11.0 Å². The molecule has 1 fully saturated rings. The minimum atomic E-state index is -0.553. The number of carbonyl (C=O) groups excluding carboxylic acids is 2. The highest BCUT2D eigenvalue weighted by Crippen LogP contribution is 2.40. The molecule has 0 unspecified atom stereocenters. The first kappa shape index (κ1) is 23.3. The number of anilines is 1. The quantitative estimate of drug-likeness (QED) is 0.363. The topological polar surface area (TPSA) is 102 Å². The molecule has 5 rings (SSSR count). The molecule has 0 bridgehead atoms. The summed E-state index contributed by atoms with van der Waals surface area (Å²) in [7, 11) is 1.51. The Morgan fingerprint density at radius 2 is 1.75 bits per heavy atom. The number of carbonyl (C=O) groups is 2. The van der Waals surface area contributed by atoms with Gasteiger partial charge in [-0.15, -0.1) is 0 Å². The molecule has 36 heavy (non-hydrogen) atoms. The molecule has 1 atom stereocenters. The predicted molar refractivity (Wildman–Crippen MR) is 132 cm³/mol. The monoisotopic (exact) mass is 487 g/mol. The average molecular weight is 488 g/mol. The number of hydrogen-bond donors (Lipinski definition) is 0. The third-order valence-corrected chi connectivity index (χ3v) is 6.59. The fourth-order valence-corrected chi connectivity index (χ4v) is 4.74. The molecule has 184 valence electrons. The molecule has 2 amide bonds. The Morgan fingerprint density at radius 1 is 1.00 bits per heavy atom. The number of non-ortho nitro benzene ring substituents is 1. The van der Waals surface area contributed by atoms with E-state index in [0.717, 1.165) is 12.0 Å². The van der Waals surface area contributed by atoms with Crippen molar-refractivity contribution in [1.29, 1.82) is 0 Å². The Labute approximate surface area is 208 Å². The van der Waals surface area contributed by atoms with E-state index in [1.807, 2.05) is 30.3 Å². The predicted octanol–water partition coefficient (Wildman–Crippen LogP) is 4.33. The van der Waals surface area contributed by atoms with Gasteiger partial charge in [0.15, 0.2) is 11.5 Å². The summed E-state index contributed by atoms with van der Waals surface area (Å²) in [4.78, 5) is 41.0. The number of ether oxygens (including phenoxy) is 2. The molecule has 0 N–H and O–H groups in total. The number of hydrogen-bond acceptors (Lipinski definition) is 6. The van der Waals surface area contributed by atoms with Crippen LogP contribution in [0.5, 0.6) is 11.5 Å². The van der Waals surface area contributed by atoms with Crippen molar-refractivity contribution in [2.24, 2.45) is 0 Å². The van der Waals surface area contributed by atoms with Crippen molar-refractivity contribution in [1.82, 2.24) is 4.90 Å². The largest absolute Gasteiger partial charge is 0.493 e. The van der Waals surface area contributed by atoms with Crippen LogP contribution in [-0.2, 0) is 17.9 Å². The van der Waals surface area contributed by atoms with E-state index in [1.165, 1.54) is 19.2 Å². The van der Waals surface area contributed by atoms with Gasteiger partial charge in [0.05, 0.1) is 29.8 Å². The van der Waals surface area contributed by atoms with Gasteiger partial charge in [0.2, 0.25) is 5.91 Å². The van der Waals surface area contributed by atoms with Crippen molar-refractivity contribution in [3.05, 3.63) is 93.5 Å². The number of benzene rings is 3. The van der Waals surface area contributed by atoms with E-state index in [1.54, 1.807) is 34.1 Å². The molecule has 0 saturated carbocycles. The van der Waals surface area contributed by atoms with Crippen LogP contribution >= 0.6 is 0 Å². The van der Waals surface area contributed by atoms with Gasteiger partial charge in [-0.1, -0.05) is 42.5 Å². The minimum Gasteiger partial charge on any atom is -0.493 e. The summed E-state index contributed by atoms with van der Waals surface area (Å²) < 4.78 is 11.6. The van der Waals surface area contributed by atoms with Crippen molar-refractivity contribution < 1.29 is 24.0 Å². The van der Waals surface area contributed by atoms with Crippen LogP contribution in [0.15, 0.2) is 66.7 Å². The van der Waals surface area contributed by atoms with Gasteiger partial charge in [0, 0.05) is 24.7 Å². The van der Waals surface area contributed by atoms with Gasteiger partial charge in [-0.2, -0.15) is 0 Å². The van der Waals surface area contributed by atoms with Crippen molar-refractivity contribution >= 4 is 23.2 Å². The lowest BCUT2D eigenvalue weighted by Gasteiger charge is -2.26. The van der Waals surface area contributed by atoms with Crippen molar-refractivity contribution in [2.45, 2.75) is 32.0 Å². The Morgan fingerprint density at radius 3 is 2.44 bits per heavy atom. The highest BCUT2D eigenvalue weighted by Gasteiger charge is 2.42. The van der Waals surface area contributed by atoms with Crippen LogP contribution in [0.2, 0.25) is 0 Å². The summed E-state index contributed by atoms with van der Waals surface area (Å²) >= 11 is 0. The summed E-state index contributed by atoms with van der Waals surface area (Å²) in [6.45, 7) is 0.954. The van der Waals surface area contributed by atoms with Gasteiger partial charge in [-0.25, -0.2) is 0 Å². The molecular weight excluding hydrogens is 462 g/mol. The number of nitro groups is 1. The third-order valence-electron chi connectivity index (χ3n) is 6.59. The van der Waals surface area contributed by atoms with E-state index in [9.17, 15) is 19.7 Å². The van der Waals surface area contributed by atoms with Gasteiger partial charge in [0.25, 0.3) is 11.6 Å². The number of rotatable bonds is 7. The Hall–Kier alpha value is -4.40. The fraction of sp³-hybridized carbons (Fsp3) is 0.259. The first-order valence-corrected chi connectivity index (χ1v) is 11.7. The molecule has 3 aromatic rings. The molecular formula is C27H25N3O6. The van der Waals surface area contributed by atoms with Crippen LogP contribution < -0.4 is 14.4 Å². The molecule has 0 radical (unpaired) electrons. The first-order valence-electron chi connectivity index (χ1n) is 11.7. The lowest BCUT2D eigenvalue weighted by molar-refractivity contribution is -0.384. The molecule has 9 heteroatoms. The molecule has 0 aromatic heterocycles. The Bertz CT molecular complexity index is 1310. The average Bonchev–Trinajstić information content (AvgIpc) is 3.38. The zero-order valence-corrected chi connectivity index (χ0v) is 19.8. The SMILES string of the molecule is COc1cc2c(cc1OCc1ccccc1)N(Cc1ccc([N+](=O)[O-])cc1)C(=O)[C@@H]1CCCN1C2=O. The van der Waals surface area contributed by atoms with Crippen molar-refractivity contribution in [3.8, 4) is 11.5 Å². The van der Waals surface area contributed by atoms with Gasteiger partial charge < -0.3 is 19.3 Å². The Kier molecular flexibility index (Phi) is 6.28. The molecule has 1 saturated heterocycles. The van der Waals surface area contributed by atoms with Crippen LogP contribution in [-0.4, -0.2) is 41.3 Å². The van der Waals surface area contributed by atoms with Crippen LogP contribution in [0, 0.1) is 10.1 Å². The maximum absolute atomic E-state index is 13.7. The van der Waals surface area contributed by atoms with Crippen LogP contribution in [0.4, 0.5) is 11.4 Å². The Balaban J connectivity index is 1.56. The van der Waals surface area contributed by atoms with E-state index >= 15 is 0 Å². The van der Waals surface area contributed by atoms with E-state index in [2.05, 4.69) is 0 Å².